The minimum atomic E-state index is 0.772. The summed E-state index contributed by atoms with van der Waals surface area (Å²) in [6.07, 6.45) is 4.26. The Hall–Kier alpha value is -1.33. The molecule has 0 amide bonds. The van der Waals surface area contributed by atoms with Gasteiger partial charge in [0, 0.05) is 17.5 Å². The van der Waals surface area contributed by atoms with Crippen LogP contribution in [0.3, 0.4) is 0 Å². The Labute approximate surface area is 132 Å². The third-order valence-electron chi connectivity index (χ3n) is 3.97. The van der Waals surface area contributed by atoms with E-state index < -0.39 is 0 Å². The van der Waals surface area contributed by atoms with Crippen molar-refractivity contribution in [3.63, 3.8) is 0 Å². The standard InChI is InChI=1S/C16H17N3S2/c1-4-14-16(17-6-1)19(10-13-3-2-7-21-13)15(18-14)9-12-5-8-20-11-12/h1-4,6-7,12H,5,8-11H2. The predicted molar refractivity (Wildman–Crippen MR) is 90.1 cm³/mol. The average molecular weight is 315 g/mol. The Morgan fingerprint density at radius 3 is 3.10 bits per heavy atom. The minimum Gasteiger partial charge on any atom is -0.307 e. The van der Waals surface area contributed by atoms with Crippen LogP contribution >= 0.6 is 23.1 Å². The molecule has 4 rings (SSSR count). The fourth-order valence-electron chi connectivity index (χ4n) is 2.89. The number of rotatable bonds is 4. The van der Waals surface area contributed by atoms with Crippen LogP contribution in [0.4, 0.5) is 0 Å². The molecule has 0 radical (unpaired) electrons. The lowest BCUT2D eigenvalue weighted by atomic mass is 10.1. The molecule has 0 bridgehead atoms. The molecule has 3 aromatic heterocycles. The first kappa shape index (κ1) is 13.3. The predicted octanol–water partition coefficient (Wildman–Crippen LogP) is 3.84. The van der Waals surface area contributed by atoms with Crippen molar-refractivity contribution in [3.05, 3.63) is 46.5 Å². The van der Waals surface area contributed by atoms with E-state index in [-0.39, 0.29) is 0 Å². The number of hydrogen-bond acceptors (Lipinski definition) is 4. The molecule has 1 atom stereocenters. The van der Waals surface area contributed by atoms with E-state index in [1.165, 1.54) is 28.6 Å². The third-order valence-corrected chi connectivity index (χ3v) is 6.06. The molecule has 1 aliphatic rings. The maximum atomic E-state index is 4.85. The first-order valence-corrected chi connectivity index (χ1v) is 9.34. The number of thioether (sulfide) groups is 1. The molecular formula is C16H17N3S2. The summed E-state index contributed by atoms with van der Waals surface area (Å²) in [5.74, 6) is 4.54. The largest absolute Gasteiger partial charge is 0.307 e. The second kappa shape index (κ2) is 5.81. The van der Waals surface area contributed by atoms with E-state index in [0.717, 1.165) is 30.0 Å². The number of fused-ring (bicyclic) bond motifs is 1. The molecule has 0 aromatic carbocycles. The van der Waals surface area contributed by atoms with Gasteiger partial charge in [-0.05, 0) is 47.4 Å². The molecule has 4 heterocycles. The lowest BCUT2D eigenvalue weighted by Crippen LogP contribution is -2.11. The maximum Gasteiger partial charge on any atom is 0.160 e. The Bertz CT molecular complexity index is 727. The molecule has 1 fully saturated rings. The average Bonchev–Trinajstić information content (AvgIpc) is 3.23. The van der Waals surface area contributed by atoms with Gasteiger partial charge >= 0.3 is 0 Å². The maximum absolute atomic E-state index is 4.85. The van der Waals surface area contributed by atoms with Gasteiger partial charge in [-0.25, -0.2) is 9.97 Å². The van der Waals surface area contributed by atoms with Gasteiger partial charge in [-0.1, -0.05) is 6.07 Å². The van der Waals surface area contributed by atoms with E-state index in [1.807, 2.05) is 12.3 Å². The van der Waals surface area contributed by atoms with E-state index in [0.29, 0.717) is 0 Å². The summed E-state index contributed by atoms with van der Waals surface area (Å²) < 4.78 is 2.31. The number of thiophene rings is 1. The van der Waals surface area contributed by atoms with Gasteiger partial charge < -0.3 is 4.57 Å². The van der Waals surface area contributed by atoms with Crippen molar-refractivity contribution in [3.8, 4) is 0 Å². The molecule has 3 nitrogen and oxygen atoms in total. The first-order valence-electron chi connectivity index (χ1n) is 7.30. The van der Waals surface area contributed by atoms with Crippen molar-refractivity contribution < 1.29 is 0 Å². The Morgan fingerprint density at radius 1 is 1.29 bits per heavy atom. The molecule has 1 unspecified atom stereocenters. The van der Waals surface area contributed by atoms with Gasteiger partial charge in [-0.15, -0.1) is 11.3 Å². The molecule has 108 valence electrons. The lowest BCUT2D eigenvalue weighted by molar-refractivity contribution is 0.558. The Balaban J connectivity index is 1.73. The molecule has 0 saturated carbocycles. The second-order valence-electron chi connectivity index (χ2n) is 5.47. The van der Waals surface area contributed by atoms with E-state index in [1.54, 1.807) is 11.3 Å². The zero-order valence-electron chi connectivity index (χ0n) is 11.7. The van der Waals surface area contributed by atoms with Crippen LogP contribution in [-0.2, 0) is 13.0 Å². The van der Waals surface area contributed by atoms with Crippen LogP contribution in [0.25, 0.3) is 11.2 Å². The zero-order valence-corrected chi connectivity index (χ0v) is 13.4. The SMILES string of the molecule is c1csc(Cn2c(CC3CCSC3)nc3cccnc32)c1. The van der Waals surface area contributed by atoms with Crippen molar-refractivity contribution in [1.29, 1.82) is 0 Å². The summed E-state index contributed by atoms with van der Waals surface area (Å²) >= 11 is 3.87. The summed E-state index contributed by atoms with van der Waals surface area (Å²) in [7, 11) is 0. The van der Waals surface area contributed by atoms with Gasteiger partial charge in [0.05, 0.1) is 6.54 Å². The van der Waals surface area contributed by atoms with Crippen LogP contribution in [0.1, 0.15) is 17.1 Å². The van der Waals surface area contributed by atoms with Crippen LogP contribution < -0.4 is 0 Å². The number of hydrogen-bond donors (Lipinski definition) is 0. The number of pyridine rings is 1. The smallest absolute Gasteiger partial charge is 0.160 e. The molecule has 21 heavy (non-hydrogen) atoms. The Morgan fingerprint density at radius 2 is 2.29 bits per heavy atom. The van der Waals surface area contributed by atoms with Crippen LogP contribution in [0.2, 0.25) is 0 Å². The summed E-state index contributed by atoms with van der Waals surface area (Å²) in [5.41, 5.74) is 2.04. The number of imidazole rings is 1. The highest BCUT2D eigenvalue weighted by atomic mass is 32.2. The molecular weight excluding hydrogens is 298 g/mol. The molecule has 5 heteroatoms. The van der Waals surface area contributed by atoms with Gasteiger partial charge in [0.1, 0.15) is 11.3 Å². The molecule has 3 aromatic rings. The third kappa shape index (κ3) is 2.72. The molecule has 1 aliphatic heterocycles. The van der Waals surface area contributed by atoms with Crippen molar-refractivity contribution in [1.82, 2.24) is 14.5 Å². The van der Waals surface area contributed by atoms with Crippen molar-refractivity contribution in [2.75, 3.05) is 11.5 Å². The van der Waals surface area contributed by atoms with Crippen LogP contribution in [0.5, 0.6) is 0 Å². The number of aromatic nitrogens is 3. The highest BCUT2D eigenvalue weighted by molar-refractivity contribution is 7.99. The van der Waals surface area contributed by atoms with Gasteiger partial charge in [-0.2, -0.15) is 11.8 Å². The summed E-state index contributed by atoms with van der Waals surface area (Å²) in [6.45, 7) is 0.889. The van der Waals surface area contributed by atoms with Crippen molar-refractivity contribution >= 4 is 34.3 Å². The van der Waals surface area contributed by atoms with Gasteiger partial charge in [-0.3, -0.25) is 0 Å². The minimum absolute atomic E-state index is 0.772. The highest BCUT2D eigenvalue weighted by Gasteiger charge is 2.20. The van der Waals surface area contributed by atoms with Gasteiger partial charge in [0.2, 0.25) is 0 Å². The van der Waals surface area contributed by atoms with E-state index in [4.69, 9.17) is 4.98 Å². The fraction of sp³-hybridized carbons (Fsp3) is 0.375. The van der Waals surface area contributed by atoms with Crippen molar-refractivity contribution in [2.24, 2.45) is 5.92 Å². The van der Waals surface area contributed by atoms with Crippen LogP contribution in [0, 0.1) is 5.92 Å². The van der Waals surface area contributed by atoms with E-state index in [9.17, 15) is 0 Å². The summed E-state index contributed by atoms with van der Waals surface area (Å²) in [5, 5.41) is 2.13. The fourth-order valence-corrected chi connectivity index (χ4v) is 4.87. The molecule has 0 N–H and O–H groups in total. The lowest BCUT2D eigenvalue weighted by Gasteiger charge is -2.10. The van der Waals surface area contributed by atoms with E-state index >= 15 is 0 Å². The number of nitrogens with zero attached hydrogens (tertiary/aromatic N) is 3. The second-order valence-corrected chi connectivity index (χ2v) is 7.66. The first-order chi connectivity index (χ1) is 10.4. The monoisotopic (exact) mass is 315 g/mol. The normalized spacial score (nSPS) is 18.6. The summed E-state index contributed by atoms with van der Waals surface area (Å²) in [4.78, 5) is 10.8. The topological polar surface area (TPSA) is 30.7 Å². The summed E-state index contributed by atoms with van der Waals surface area (Å²) in [6, 6.07) is 8.34. The van der Waals surface area contributed by atoms with Gasteiger partial charge in [0.25, 0.3) is 0 Å². The highest BCUT2D eigenvalue weighted by Crippen LogP contribution is 2.28. The quantitative estimate of drug-likeness (QED) is 0.733. The van der Waals surface area contributed by atoms with E-state index in [2.05, 4.69) is 44.9 Å². The van der Waals surface area contributed by atoms with Crippen molar-refractivity contribution in [2.45, 2.75) is 19.4 Å². The van der Waals surface area contributed by atoms with Crippen LogP contribution in [-0.4, -0.2) is 26.0 Å². The van der Waals surface area contributed by atoms with Crippen LogP contribution in [0.15, 0.2) is 35.8 Å². The van der Waals surface area contributed by atoms with Gasteiger partial charge in [0.15, 0.2) is 5.65 Å². The molecule has 1 saturated heterocycles. The molecule has 0 aliphatic carbocycles. The zero-order chi connectivity index (χ0) is 14.1. The Kier molecular flexibility index (Phi) is 3.69. The molecule has 0 spiro atoms.